The van der Waals surface area contributed by atoms with Gasteiger partial charge >= 0.3 is 0 Å². The Bertz CT molecular complexity index is 849. The first-order valence-electron chi connectivity index (χ1n) is 8.43. The minimum atomic E-state index is -0.728. The van der Waals surface area contributed by atoms with Gasteiger partial charge in [0.15, 0.2) is 11.5 Å². The predicted molar refractivity (Wildman–Crippen MR) is 96.2 cm³/mol. The fourth-order valence-electron chi connectivity index (χ4n) is 3.36. The molecule has 1 unspecified atom stereocenters. The van der Waals surface area contributed by atoms with E-state index in [2.05, 4.69) is 11.1 Å². The van der Waals surface area contributed by atoms with Gasteiger partial charge in [-0.1, -0.05) is 0 Å². The number of hydrogen-bond donors (Lipinski definition) is 3. The topological polar surface area (TPSA) is 114 Å². The van der Waals surface area contributed by atoms with Gasteiger partial charge < -0.3 is 30.0 Å². The molecule has 0 saturated heterocycles. The molecule has 0 spiro atoms. The number of aromatic nitrogens is 1. The summed E-state index contributed by atoms with van der Waals surface area (Å²) in [5, 5.41) is 20.4. The summed E-state index contributed by atoms with van der Waals surface area (Å²) >= 11 is 0. The molecule has 7 nitrogen and oxygen atoms in total. The lowest BCUT2D eigenvalue weighted by molar-refractivity contribution is 0.154. The number of nitrogens with one attached hydrogen (secondary N) is 1. The van der Waals surface area contributed by atoms with Gasteiger partial charge in [0.25, 0.3) is 0 Å². The molecule has 2 aromatic rings. The van der Waals surface area contributed by atoms with Crippen LogP contribution >= 0.6 is 0 Å². The highest BCUT2D eigenvalue weighted by molar-refractivity contribution is 5.82. The highest BCUT2D eigenvalue weighted by Gasteiger charge is 2.36. The lowest BCUT2D eigenvalue weighted by Gasteiger charge is -2.18. The molecular weight excluding hydrogens is 334 g/mol. The minimum Gasteiger partial charge on any atom is -0.493 e. The molecule has 1 heterocycles. The summed E-state index contributed by atoms with van der Waals surface area (Å²) in [6, 6.07) is 5.74. The number of ether oxygens (including phenoxy) is 3. The van der Waals surface area contributed by atoms with Crippen LogP contribution in [0.4, 0.5) is 0 Å². The number of nitriles is 1. The number of methoxy groups -OCH3 is 3. The first-order chi connectivity index (χ1) is 12.6. The van der Waals surface area contributed by atoms with E-state index in [0.29, 0.717) is 45.3 Å². The van der Waals surface area contributed by atoms with Crippen LogP contribution in [0.5, 0.6) is 17.2 Å². The van der Waals surface area contributed by atoms with Gasteiger partial charge in [-0.3, -0.25) is 0 Å². The Labute approximate surface area is 152 Å². The second-order valence-electron chi connectivity index (χ2n) is 6.25. The van der Waals surface area contributed by atoms with Gasteiger partial charge in [-0.25, -0.2) is 0 Å². The fraction of sp³-hybridized carbons (Fsp3) is 0.421. The fourth-order valence-corrected chi connectivity index (χ4v) is 3.36. The number of nitrogens with two attached hydrogens (primary N) is 1. The maximum Gasteiger partial charge on any atom is 0.203 e. The molecule has 0 aliphatic heterocycles. The number of aliphatic hydroxyl groups excluding tert-OH is 1. The predicted octanol–water partition coefficient (Wildman–Crippen LogP) is 2.48. The summed E-state index contributed by atoms with van der Waals surface area (Å²) in [6.07, 6.45) is 1.16. The lowest BCUT2D eigenvalue weighted by Crippen LogP contribution is -2.05. The molecule has 7 heteroatoms. The molecule has 0 radical (unpaired) electrons. The van der Waals surface area contributed by atoms with E-state index in [1.54, 1.807) is 13.2 Å². The molecule has 0 bridgehead atoms. The largest absolute Gasteiger partial charge is 0.493 e. The zero-order chi connectivity index (χ0) is 18.8. The standard InChI is InChI=1S/C19H23N3O4/c1-24-14-7-6-11(18(25-2)19(14)26-3)15-12(8-20)22-13(9-21)16(15)17(23)10-4-5-10/h6-7,10,17,22-23H,4-5,8,20H2,1-3H3. The van der Waals surface area contributed by atoms with Gasteiger partial charge in [-0.2, -0.15) is 5.26 Å². The summed E-state index contributed by atoms with van der Waals surface area (Å²) in [4.78, 5) is 3.06. The van der Waals surface area contributed by atoms with Crippen LogP contribution in [0.15, 0.2) is 12.1 Å². The molecule has 1 fully saturated rings. The lowest BCUT2D eigenvalue weighted by atomic mass is 9.93. The van der Waals surface area contributed by atoms with E-state index in [1.165, 1.54) is 14.2 Å². The third kappa shape index (κ3) is 2.87. The number of aliphatic hydroxyl groups is 1. The SMILES string of the molecule is COc1ccc(-c2c(CN)[nH]c(C#N)c2C(O)C2CC2)c(OC)c1OC. The summed E-state index contributed by atoms with van der Waals surface area (Å²) < 4.78 is 16.4. The molecule has 1 aromatic heterocycles. The first kappa shape index (κ1) is 18.1. The molecule has 3 rings (SSSR count). The monoisotopic (exact) mass is 357 g/mol. The van der Waals surface area contributed by atoms with Gasteiger partial charge in [0, 0.05) is 28.9 Å². The van der Waals surface area contributed by atoms with Crippen LogP contribution in [0, 0.1) is 17.2 Å². The molecule has 1 atom stereocenters. The van der Waals surface area contributed by atoms with Crippen LogP contribution in [0.1, 0.15) is 35.9 Å². The molecular formula is C19H23N3O4. The number of aromatic amines is 1. The zero-order valence-electron chi connectivity index (χ0n) is 15.1. The van der Waals surface area contributed by atoms with E-state index in [9.17, 15) is 10.4 Å². The van der Waals surface area contributed by atoms with Crippen LogP contribution < -0.4 is 19.9 Å². The Morgan fingerprint density at radius 1 is 1.23 bits per heavy atom. The number of hydrogen-bond acceptors (Lipinski definition) is 6. The van der Waals surface area contributed by atoms with Crippen molar-refractivity contribution in [3.63, 3.8) is 0 Å². The van der Waals surface area contributed by atoms with Crippen LogP contribution in [0.2, 0.25) is 0 Å². The van der Waals surface area contributed by atoms with Gasteiger partial charge in [-0.05, 0) is 30.9 Å². The van der Waals surface area contributed by atoms with Crippen LogP contribution in [-0.2, 0) is 6.54 Å². The average molecular weight is 357 g/mol. The van der Waals surface area contributed by atoms with E-state index >= 15 is 0 Å². The van der Waals surface area contributed by atoms with Crippen molar-refractivity contribution in [1.29, 1.82) is 5.26 Å². The van der Waals surface area contributed by atoms with Crippen molar-refractivity contribution >= 4 is 0 Å². The highest BCUT2D eigenvalue weighted by atomic mass is 16.5. The number of H-pyrrole nitrogens is 1. The van der Waals surface area contributed by atoms with E-state index in [1.807, 2.05) is 6.07 Å². The maximum absolute atomic E-state index is 10.8. The Morgan fingerprint density at radius 2 is 1.92 bits per heavy atom. The molecule has 1 aromatic carbocycles. The van der Waals surface area contributed by atoms with E-state index in [-0.39, 0.29) is 12.5 Å². The van der Waals surface area contributed by atoms with E-state index in [4.69, 9.17) is 19.9 Å². The van der Waals surface area contributed by atoms with Crippen molar-refractivity contribution in [3.05, 3.63) is 29.1 Å². The maximum atomic E-state index is 10.8. The number of nitrogens with zero attached hydrogens (tertiary/aromatic N) is 1. The van der Waals surface area contributed by atoms with Gasteiger partial charge in [0.1, 0.15) is 11.8 Å². The van der Waals surface area contributed by atoms with Gasteiger partial charge in [0.05, 0.1) is 27.4 Å². The number of rotatable bonds is 7. The normalized spacial score (nSPS) is 14.6. The summed E-state index contributed by atoms with van der Waals surface area (Å²) in [7, 11) is 4.62. The van der Waals surface area contributed by atoms with Crippen molar-refractivity contribution < 1.29 is 19.3 Å². The average Bonchev–Trinajstić information content (AvgIpc) is 3.46. The van der Waals surface area contributed by atoms with Crippen LogP contribution in [0.3, 0.4) is 0 Å². The molecule has 1 aliphatic carbocycles. The zero-order valence-corrected chi connectivity index (χ0v) is 15.1. The Kier molecular flexibility index (Phi) is 5.07. The van der Waals surface area contributed by atoms with Crippen LogP contribution in [-0.4, -0.2) is 31.4 Å². The molecule has 138 valence electrons. The van der Waals surface area contributed by atoms with Gasteiger partial charge in [0.2, 0.25) is 5.75 Å². The van der Waals surface area contributed by atoms with Crippen molar-refractivity contribution in [3.8, 4) is 34.4 Å². The van der Waals surface area contributed by atoms with Crippen molar-refractivity contribution in [2.45, 2.75) is 25.5 Å². The second kappa shape index (κ2) is 7.28. The highest BCUT2D eigenvalue weighted by Crippen LogP contribution is 2.50. The van der Waals surface area contributed by atoms with Crippen molar-refractivity contribution in [2.24, 2.45) is 11.7 Å². The quantitative estimate of drug-likeness (QED) is 0.701. The van der Waals surface area contributed by atoms with Crippen LogP contribution in [0.25, 0.3) is 11.1 Å². The minimum absolute atomic E-state index is 0.161. The van der Waals surface area contributed by atoms with Gasteiger partial charge in [-0.15, -0.1) is 0 Å². The molecule has 0 amide bonds. The molecule has 26 heavy (non-hydrogen) atoms. The summed E-state index contributed by atoms with van der Waals surface area (Å²) in [5.74, 6) is 1.60. The summed E-state index contributed by atoms with van der Waals surface area (Å²) in [5.41, 5.74) is 8.87. The second-order valence-corrected chi connectivity index (χ2v) is 6.25. The third-order valence-electron chi connectivity index (χ3n) is 4.77. The number of benzene rings is 1. The Hall–Kier alpha value is -2.69. The molecule has 4 N–H and O–H groups in total. The molecule has 1 aliphatic rings. The Balaban J connectivity index is 2.30. The third-order valence-corrected chi connectivity index (χ3v) is 4.77. The summed E-state index contributed by atoms with van der Waals surface area (Å²) in [6.45, 7) is 0.193. The van der Waals surface area contributed by atoms with Crippen molar-refractivity contribution in [1.82, 2.24) is 4.98 Å². The van der Waals surface area contributed by atoms with E-state index in [0.717, 1.165) is 12.8 Å². The first-order valence-corrected chi connectivity index (χ1v) is 8.43. The van der Waals surface area contributed by atoms with Crippen molar-refractivity contribution in [2.75, 3.05) is 21.3 Å². The molecule has 1 saturated carbocycles. The Morgan fingerprint density at radius 3 is 2.42 bits per heavy atom. The van der Waals surface area contributed by atoms with E-state index < -0.39 is 6.10 Å². The smallest absolute Gasteiger partial charge is 0.203 e.